The van der Waals surface area contributed by atoms with Gasteiger partial charge < -0.3 is 4.90 Å². The third-order valence-corrected chi connectivity index (χ3v) is 5.84. The topological polar surface area (TPSA) is 72.3 Å². The molecular weight excluding hydrogens is 390 g/mol. The minimum Gasteiger partial charge on any atom is -0.337 e. The third-order valence-electron chi connectivity index (χ3n) is 5.84. The predicted molar refractivity (Wildman–Crippen MR) is 121 cm³/mol. The first-order valence-electron chi connectivity index (χ1n) is 11.4. The maximum atomic E-state index is 12.9. The highest BCUT2D eigenvalue weighted by molar-refractivity contribution is 5.98. The molecule has 166 valence electrons. The molecular formula is C25H33N3O3. The van der Waals surface area contributed by atoms with Crippen LogP contribution in [0.4, 0.5) is 0 Å². The molecule has 0 unspecified atom stereocenters. The molecule has 0 N–H and O–H groups in total. The van der Waals surface area contributed by atoms with Crippen molar-refractivity contribution in [1.82, 2.24) is 14.7 Å². The Kier molecular flexibility index (Phi) is 7.77. The number of aromatic nitrogens is 2. The fourth-order valence-electron chi connectivity index (χ4n) is 4.05. The summed E-state index contributed by atoms with van der Waals surface area (Å²) < 4.78 is 1.37. The van der Waals surface area contributed by atoms with Crippen LogP contribution in [0.3, 0.4) is 0 Å². The number of rotatable bonds is 8. The normalized spacial score (nSPS) is 14.8. The van der Waals surface area contributed by atoms with E-state index in [4.69, 9.17) is 0 Å². The lowest BCUT2D eigenvalue weighted by Gasteiger charge is -2.31. The Morgan fingerprint density at radius 3 is 2.35 bits per heavy atom. The van der Waals surface area contributed by atoms with Gasteiger partial charge in [0.2, 0.25) is 0 Å². The monoisotopic (exact) mass is 423 g/mol. The Morgan fingerprint density at radius 1 is 1.06 bits per heavy atom. The van der Waals surface area contributed by atoms with Crippen molar-refractivity contribution in [3.05, 3.63) is 63.6 Å². The molecule has 1 aliphatic heterocycles. The average molecular weight is 424 g/mol. The lowest BCUT2D eigenvalue weighted by atomic mass is 9.88. The number of carbonyl (C=O) groups is 2. The molecule has 0 saturated carbocycles. The number of nitrogens with zero attached hydrogens (tertiary/aromatic N) is 3. The average Bonchev–Trinajstić information content (AvgIpc) is 2.78. The molecule has 1 saturated heterocycles. The van der Waals surface area contributed by atoms with Gasteiger partial charge in [-0.05, 0) is 43.2 Å². The zero-order chi connectivity index (χ0) is 22.4. The van der Waals surface area contributed by atoms with E-state index < -0.39 is 0 Å². The second-order valence-electron chi connectivity index (χ2n) is 8.86. The van der Waals surface area contributed by atoms with E-state index in [1.54, 1.807) is 4.90 Å². The van der Waals surface area contributed by atoms with Gasteiger partial charge in [0, 0.05) is 37.2 Å². The van der Waals surface area contributed by atoms with Crippen LogP contribution in [0, 0.1) is 11.8 Å². The second-order valence-corrected chi connectivity index (χ2v) is 8.86. The molecule has 0 spiro atoms. The highest BCUT2D eigenvalue weighted by atomic mass is 16.2. The Morgan fingerprint density at radius 2 is 1.74 bits per heavy atom. The summed E-state index contributed by atoms with van der Waals surface area (Å²) in [5.41, 5.74) is 2.11. The van der Waals surface area contributed by atoms with Crippen molar-refractivity contribution in [3.63, 3.8) is 0 Å². The lowest BCUT2D eigenvalue weighted by Crippen LogP contribution is -2.41. The highest BCUT2D eigenvalue weighted by Gasteiger charge is 2.29. The van der Waals surface area contributed by atoms with Gasteiger partial charge in [0.05, 0.1) is 0 Å². The van der Waals surface area contributed by atoms with Gasteiger partial charge in [0.15, 0.2) is 5.78 Å². The molecule has 1 aromatic heterocycles. The van der Waals surface area contributed by atoms with Gasteiger partial charge in [0.1, 0.15) is 5.69 Å². The number of carbonyl (C=O) groups excluding carboxylic acids is 2. The summed E-state index contributed by atoms with van der Waals surface area (Å²) in [6.07, 6.45) is 4.10. The van der Waals surface area contributed by atoms with Gasteiger partial charge >= 0.3 is 0 Å². The number of hydrogen-bond acceptors (Lipinski definition) is 4. The van der Waals surface area contributed by atoms with Crippen molar-refractivity contribution < 1.29 is 9.59 Å². The van der Waals surface area contributed by atoms with Crippen LogP contribution in [0.5, 0.6) is 0 Å². The Bertz CT molecular complexity index is 955. The second kappa shape index (κ2) is 10.5. The minimum atomic E-state index is -0.186. The van der Waals surface area contributed by atoms with Crippen molar-refractivity contribution in [2.24, 2.45) is 11.8 Å². The van der Waals surface area contributed by atoms with Gasteiger partial charge in [-0.25, -0.2) is 4.68 Å². The van der Waals surface area contributed by atoms with Gasteiger partial charge in [-0.15, -0.1) is 0 Å². The molecule has 3 rings (SSSR count). The predicted octanol–water partition coefficient (Wildman–Crippen LogP) is 3.98. The van der Waals surface area contributed by atoms with Gasteiger partial charge in [-0.2, -0.15) is 5.10 Å². The summed E-state index contributed by atoms with van der Waals surface area (Å²) in [4.78, 5) is 39.5. The van der Waals surface area contributed by atoms with E-state index in [1.807, 2.05) is 31.2 Å². The summed E-state index contributed by atoms with van der Waals surface area (Å²) in [6.45, 7) is 7.98. The first kappa shape index (κ1) is 22.9. The number of aryl methyl sites for hydroxylation is 1. The van der Waals surface area contributed by atoms with Crippen LogP contribution in [-0.4, -0.2) is 39.5 Å². The van der Waals surface area contributed by atoms with Gasteiger partial charge in [-0.1, -0.05) is 51.5 Å². The quantitative estimate of drug-likeness (QED) is 0.602. The lowest BCUT2D eigenvalue weighted by molar-refractivity contribution is 0.0643. The smallest absolute Gasteiger partial charge is 0.274 e. The van der Waals surface area contributed by atoms with E-state index in [2.05, 4.69) is 18.9 Å². The molecule has 6 nitrogen and oxygen atoms in total. The summed E-state index contributed by atoms with van der Waals surface area (Å²) in [6, 6.07) is 10.9. The van der Waals surface area contributed by atoms with E-state index in [0.717, 1.165) is 24.8 Å². The fourth-order valence-corrected chi connectivity index (χ4v) is 4.05. The summed E-state index contributed by atoms with van der Waals surface area (Å²) in [7, 11) is 0. The Hall–Kier alpha value is -2.76. The van der Waals surface area contributed by atoms with Crippen LogP contribution in [0.1, 0.15) is 72.9 Å². The molecule has 2 aromatic rings. The number of benzene rings is 1. The fraction of sp³-hybridized carbons (Fsp3) is 0.520. The molecule has 1 fully saturated rings. The number of amides is 1. The zero-order valence-corrected chi connectivity index (χ0v) is 18.8. The summed E-state index contributed by atoms with van der Waals surface area (Å²) >= 11 is 0. The number of piperidine rings is 1. The van der Waals surface area contributed by atoms with Crippen LogP contribution in [0.15, 0.2) is 41.2 Å². The number of unbranched alkanes of at least 4 members (excludes halogenated alkanes) is 1. The first-order chi connectivity index (χ1) is 14.9. The number of hydrogen-bond donors (Lipinski definition) is 0. The Balaban J connectivity index is 1.59. The largest absolute Gasteiger partial charge is 0.337 e. The molecule has 6 heteroatoms. The molecule has 2 heterocycles. The Labute approximate surface area is 184 Å². The number of Topliss-reactive ketones (excluding diaryl/α,β-unsaturated/α-hetero) is 1. The molecule has 1 aliphatic rings. The molecule has 1 amide bonds. The van der Waals surface area contributed by atoms with Crippen molar-refractivity contribution in [2.75, 3.05) is 13.1 Å². The van der Waals surface area contributed by atoms with E-state index in [0.29, 0.717) is 44.1 Å². The highest BCUT2D eigenvalue weighted by Crippen LogP contribution is 2.23. The van der Waals surface area contributed by atoms with Crippen molar-refractivity contribution >= 4 is 11.7 Å². The third kappa shape index (κ3) is 5.90. The number of ketones is 1. The van der Waals surface area contributed by atoms with Crippen LogP contribution in [-0.2, 0) is 13.0 Å². The van der Waals surface area contributed by atoms with Crippen molar-refractivity contribution in [3.8, 4) is 0 Å². The molecule has 31 heavy (non-hydrogen) atoms. The van der Waals surface area contributed by atoms with E-state index in [1.165, 1.54) is 22.4 Å². The maximum Gasteiger partial charge on any atom is 0.274 e. The van der Waals surface area contributed by atoms with Crippen LogP contribution >= 0.6 is 0 Å². The maximum absolute atomic E-state index is 12.9. The summed E-state index contributed by atoms with van der Waals surface area (Å²) in [5.74, 6) is 0.513. The molecule has 0 aliphatic carbocycles. The van der Waals surface area contributed by atoms with Crippen LogP contribution in [0.25, 0.3) is 0 Å². The van der Waals surface area contributed by atoms with Crippen LogP contribution < -0.4 is 5.56 Å². The van der Waals surface area contributed by atoms with Crippen molar-refractivity contribution in [2.45, 2.75) is 59.4 Å². The zero-order valence-electron chi connectivity index (χ0n) is 18.8. The van der Waals surface area contributed by atoms with E-state index >= 15 is 0 Å². The molecule has 1 aromatic carbocycles. The van der Waals surface area contributed by atoms with Gasteiger partial charge in [0.25, 0.3) is 11.5 Å². The molecule has 0 radical (unpaired) electrons. The van der Waals surface area contributed by atoms with Crippen molar-refractivity contribution in [1.29, 1.82) is 0 Å². The molecule has 0 atom stereocenters. The number of likely N-dealkylation sites (tertiary alicyclic amines) is 1. The van der Waals surface area contributed by atoms with Gasteiger partial charge in [-0.3, -0.25) is 14.4 Å². The van der Waals surface area contributed by atoms with E-state index in [9.17, 15) is 14.4 Å². The molecule has 0 bridgehead atoms. The first-order valence-corrected chi connectivity index (χ1v) is 11.4. The minimum absolute atomic E-state index is 0.0635. The van der Waals surface area contributed by atoms with Crippen LogP contribution in [0.2, 0.25) is 0 Å². The standard InChI is InChI=1S/C25H33N3O3/c1-4-5-14-28-23(29)11-10-22(26-28)25(31)27-15-12-21(13-16-27)24(30)20-8-6-19(7-9-20)17-18(2)3/h6-11,18,21H,4-5,12-17H2,1-3H3. The summed E-state index contributed by atoms with van der Waals surface area (Å²) in [5, 5.41) is 4.26. The van der Waals surface area contributed by atoms with E-state index in [-0.39, 0.29) is 23.2 Å². The SMILES string of the molecule is CCCCn1nc(C(=O)N2CCC(C(=O)c3ccc(CC(C)C)cc3)CC2)ccc1=O.